The Balaban J connectivity index is 1.74. The van der Waals surface area contributed by atoms with Gasteiger partial charge in [-0.05, 0) is 24.1 Å². The Morgan fingerprint density at radius 2 is 1.92 bits per heavy atom. The van der Waals surface area contributed by atoms with E-state index in [9.17, 15) is 4.79 Å². The molecule has 1 N–H and O–H groups in total. The van der Waals surface area contributed by atoms with Gasteiger partial charge in [-0.25, -0.2) is 15.0 Å². The van der Waals surface area contributed by atoms with Gasteiger partial charge in [0.2, 0.25) is 0 Å². The number of rotatable bonds is 7. The highest BCUT2D eigenvalue weighted by Crippen LogP contribution is 2.29. The van der Waals surface area contributed by atoms with E-state index in [4.69, 9.17) is 0 Å². The van der Waals surface area contributed by atoms with Gasteiger partial charge in [0, 0.05) is 12.6 Å². The van der Waals surface area contributed by atoms with Gasteiger partial charge in [0.15, 0.2) is 5.82 Å². The van der Waals surface area contributed by atoms with Crippen LogP contribution in [0, 0.1) is 0 Å². The predicted octanol–water partition coefficient (Wildman–Crippen LogP) is 4.18. The van der Waals surface area contributed by atoms with Gasteiger partial charge < -0.3 is 0 Å². The van der Waals surface area contributed by atoms with Crippen LogP contribution in [-0.2, 0) is 11.2 Å². The lowest BCUT2D eigenvalue weighted by atomic mass is 10.1. The number of nitrogens with one attached hydrogen (secondary N) is 1. The second kappa shape index (κ2) is 8.42. The number of hydrazine groups is 1. The number of hydrogen-bond donors (Lipinski definition) is 1. The lowest BCUT2D eigenvalue weighted by Crippen LogP contribution is -2.49. The molecule has 1 amide bonds. The van der Waals surface area contributed by atoms with Gasteiger partial charge >= 0.3 is 0 Å². The number of fused-ring (bicyclic) bond motifs is 1. The van der Waals surface area contributed by atoms with Crippen LogP contribution in [0.5, 0.6) is 0 Å². The number of amides is 1. The molecule has 0 saturated heterocycles. The van der Waals surface area contributed by atoms with Gasteiger partial charge in [-0.2, -0.15) is 0 Å². The molecule has 1 aliphatic rings. The van der Waals surface area contributed by atoms with Crippen LogP contribution in [0.4, 0.5) is 11.5 Å². The molecule has 0 radical (unpaired) electrons. The first-order valence-electron chi connectivity index (χ1n) is 8.94. The molecule has 3 rings (SSSR count). The summed E-state index contributed by atoms with van der Waals surface area (Å²) in [7, 11) is 0. The number of pyridine rings is 1. The van der Waals surface area contributed by atoms with E-state index in [1.807, 2.05) is 42.5 Å². The fourth-order valence-electron chi connectivity index (χ4n) is 2.86. The van der Waals surface area contributed by atoms with Gasteiger partial charge in [-0.3, -0.25) is 10.2 Å². The van der Waals surface area contributed by atoms with Crippen LogP contribution >= 0.6 is 0 Å². The largest absolute Gasteiger partial charge is 0.277 e. The van der Waals surface area contributed by atoms with Crippen molar-refractivity contribution in [1.82, 2.24) is 10.4 Å². The van der Waals surface area contributed by atoms with E-state index in [0.29, 0.717) is 12.2 Å². The predicted molar refractivity (Wildman–Crippen MR) is 101 cm³/mol. The Kier molecular flexibility index (Phi) is 5.77. The van der Waals surface area contributed by atoms with E-state index in [-0.39, 0.29) is 5.91 Å². The maximum atomic E-state index is 12.8. The highest BCUT2D eigenvalue weighted by atomic mass is 16.2. The molecule has 130 valence electrons. The minimum absolute atomic E-state index is 0.0351. The monoisotopic (exact) mass is 336 g/mol. The molecular formula is C20H24N4O. The molecule has 2 heterocycles. The third kappa shape index (κ3) is 4.44. The molecule has 1 aliphatic heterocycles. The first-order valence-corrected chi connectivity index (χ1v) is 8.94. The molecule has 0 atom stereocenters. The Hall–Kier alpha value is -2.69. The SMILES string of the molecule is CCCCCCC1=Nc2cccnc2N(C(=O)Cc2ccccc2)N1. The summed E-state index contributed by atoms with van der Waals surface area (Å²) in [5.74, 6) is 1.37. The topological polar surface area (TPSA) is 57.6 Å². The molecule has 1 aromatic heterocycles. The number of amidine groups is 1. The Labute approximate surface area is 148 Å². The molecule has 0 bridgehead atoms. The van der Waals surface area contributed by atoms with Gasteiger partial charge in [0.25, 0.3) is 5.91 Å². The van der Waals surface area contributed by atoms with Gasteiger partial charge in [0.05, 0.1) is 6.42 Å². The number of carbonyl (C=O) groups is 1. The van der Waals surface area contributed by atoms with Crippen molar-refractivity contribution in [3.05, 3.63) is 54.2 Å². The summed E-state index contributed by atoms with van der Waals surface area (Å²) in [6.07, 6.45) is 7.52. The summed E-state index contributed by atoms with van der Waals surface area (Å²) in [6.45, 7) is 2.20. The fraction of sp³-hybridized carbons (Fsp3) is 0.350. The molecule has 0 fully saturated rings. The summed E-state index contributed by atoms with van der Waals surface area (Å²) in [5, 5.41) is 1.55. The number of benzene rings is 1. The Bertz CT molecular complexity index is 742. The first-order chi connectivity index (χ1) is 12.3. The number of unbranched alkanes of at least 4 members (excludes halogenated alkanes) is 3. The van der Waals surface area contributed by atoms with E-state index in [1.165, 1.54) is 19.3 Å². The van der Waals surface area contributed by atoms with Crippen LogP contribution in [0.15, 0.2) is 53.7 Å². The number of nitrogens with zero attached hydrogens (tertiary/aromatic N) is 3. The van der Waals surface area contributed by atoms with Crippen LogP contribution in [0.3, 0.4) is 0 Å². The number of hydrogen-bond acceptors (Lipinski definition) is 4. The molecule has 5 nitrogen and oxygen atoms in total. The van der Waals surface area contributed by atoms with Crippen molar-refractivity contribution >= 4 is 23.2 Å². The number of aliphatic imine (C=N–C) groups is 1. The highest BCUT2D eigenvalue weighted by molar-refractivity contribution is 6.02. The summed E-state index contributed by atoms with van der Waals surface area (Å²) in [6, 6.07) is 13.5. The minimum Gasteiger partial charge on any atom is -0.277 e. The standard InChI is InChI=1S/C20H24N4O/c1-2-3-4-8-13-18-22-17-12-9-14-21-20(17)24(23-18)19(25)15-16-10-6-5-7-11-16/h5-7,9-12,14H,2-4,8,13,15H2,1H3,(H,22,23). The molecule has 1 aromatic carbocycles. The van der Waals surface area contributed by atoms with Crippen molar-refractivity contribution in [3.8, 4) is 0 Å². The van der Waals surface area contributed by atoms with Crippen LogP contribution in [0.2, 0.25) is 0 Å². The number of aromatic nitrogens is 1. The van der Waals surface area contributed by atoms with Gasteiger partial charge in [0.1, 0.15) is 11.5 Å². The van der Waals surface area contributed by atoms with Crippen molar-refractivity contribution in [2.24, 2.45) is 4.99 Å². The lowest BCUT2D eigenvalue weighted by molar-refractivity contribution is -0.118. The van der Waals surface area contributed by atoms with Crippen LogP contribution in [0.25, 0.3) is 0 Å². The molecule has 25 heavy (non-hydrogen) atoms. The molecule has 2 aromatic rings. The number of anilines is 1. The zero-order valence-corrected chi connectivity index (χ0v) is 14.6. The van der Waals surface area contributed by atoms with Gasteiger partial charge in [-0.15, -0.1) is 0 Å². The summed E-state index contributed by atoms with van der Waals surface area (Å²) in [4.78, 5) is 21.8. The third-order valence-corrected chi connectivity index (χ3v) is 4.19. The van der Waals surface area contributed by atoms with E-state index in [0.717, 1.165) is 29.9 Å². The summed E-state index contributed by atoms with van der Waals surface area (Å²) in [5.41, 5.74) is 4.91. The van der Waals surface area contributed by atoms with Crippen LogP contribution in [0.1, 0.15) is 44.6 Å². The van der Waals surface area contributed by atoms with Crippen molar-refractivity contribution in [1.29, 1.82) is 0 Å². The average molecular weight is 336 g/mol. The molecule has 0 spiro atoms. The smallest absolute Gasteiger partial charge is 0.251 e. The highest BCUT2D eigenvalue weighted by Gasteiger charge is 2.25. The minimum atomic E-state index is -0.0351. The maximum Gasteiger partial charge on any atom is 0.251 e. The van der Waals surface area contributed by atoms with E-state index in [2.05, 4.69) is 22.3 Å². The lowest BCUT2D eigenvalue weighted by Gasteiger charge is -2.29. The fourth-order valence-corrected chi connectivity index (χ4v) is 2.86. The van der Waals surface area contributed by atoms with Gasteiger partial charge in [-0.1, -0.05) is 56.5 Å². The van der Waals surface area contributed by atoms with E-state index in [1.54, 1.807) is 11.2 Å². The molecule has 0 saturated carbocycles. The second-order valence-corrected chi connectivity index (χ2v) is 6.22. The van der Waals surface area contributed by atoms with Crippen molar-refractivity contribution in [2.75, 3.05) is 5.01 Å². The van der Waals surface area contributed by atoms with E-state index < -0.39 is 0 Å². The normalized spacial score (nSPS) is 13.0. The Morgan fingerprint density at radius 1 is 1.08 bits per heavy atom. The second-order valence-electron chi connectivity index (χ2n) is 6.22. The summed E-state index contributed by atoms with van der Waals surface area (Å²) < 4.78 is 0. The molecule has 5 heteroatoms. The average Bonchev–Trinajstić information content (AvgIpc) is 2.65. The maximum absolute atomic E-state index is 12.8. The molecule has 0 unspecified atom stereocenters. The summed E-state index contributed by atoms with van der Waals surface area (Å²) >= 11 is 0. The quantitative estimate of drug-likeness (QED) is 0.772. The van der Waals surface area contributed by atoms with Crippen LogP contribution in [-0.4, -0.2) is 16.7 Å². The van der Waals surface area contributed by atoms with Crippen molar-refractivity contribution in [2.45, 2.75) is 45.4 Å². The number of carbonyl (C=O) groups excluding carboxylic acids is 1. The first kappa shape index (κ1) is 17.1. The van der Waals surface area contributed by atoms with E-state index >= 15 is 0 Å². The van der Waals surface area contributed by atoms with Crippen LogP contribution < -0.4 is 10.4 Å². The third-order valence-electron chi connectivity index (χ3n) is 4.19. The van der Waals surface area contributed by atoms with Crippen molar-refractivity contribution < 1.29 is 4.79 Å². The molecular weight excluding hydrogens is 312 g/mol. The zero-order valence-electron chi connectivity index (χ0n) is 14.6. The molecule has 0 aliphatic carbocycles. The zero-order chi connectivity index (χ0) is 17.5. The Morgan fingerprint density at radius 3 is 2.72 bits per heavy atom. The van der Waals surface area contributed by atoms with Crippen molar-refractivity contribution in [3.63, 3.8) is 0 Å².